The van der Waals surface area contributed by atoms with Crippen LogP contribution in [0.3, 0.4) is 0 Å². The molecule has 0 unspecified atom stereocenters. The molecule has 1 N–H and O–H groups in total. The van der Waals surface area contributed by atoms with Crippen molar-refractivity contribution in [3.05, 3.63) is 30.4 Å². The Bertz CT molecular complexity index is 365. The van der Waals surface area contributed by atoms with Crippen molar-refractivity contribution in [2.45, 2.75) is 6.54 Å². The van der Waals surface area contributed by atoms with Crippen LogP contribution in [0, 0.1) is 0 Å². The van der Waals surface area contributed by atoms with Gasteiger partial charge < -0.3 is 14.3 Å². The smallest absolute Gasteiger partial charge is 0.315 e. The largest absolute Gasteiger partial charge is 0.411 e. The van der Waals surface area contributed by atoms with Crippen LogP contribution in [0.5, 0.6) is 0 Å². The number of hydrogen-bond donors (Lipinski definition) is 1. The first-order chi connectivity index (χ1) is 6.36. The van der Waals surface area contributed by atoms with Crippen LogP contribution >= 0.6 is 0 Å². The SMILES string of the molecule is Cn1cccc1CNc1nnco1. The Kier molecular flexibility index (Phi) is 1.99. The average Bonchev–Trinajstić information content (AvgIpc) is 2.72. The molecule has 0 fully saturated rings. The van der Waals surface area contributed by atoms with Gasteiger partial charge in [-0.15, -0.1) is 5.10 Å². The van der Waals surface area contributed by atoms with Gasteiger partial charge in [-0.1, -0.05) is 5.10 Å². The second kappa shape index (κ2) is 3.30. The minimum absolute atomic E-state index is 0.446. The molecular weight excluding hydrogens is 168 g/mol. The molecule has 0 saturated heterocycles. The van der Waals surface area contributed by atoms with Crippen LogP contribution < -0.4 is 5.32 Å². The van der Waals surface area contributed by atoms with Crippen molar-refractivity contribution in [3.63, 3.8) is 0 Å². The molecule has 5 heteroatoms. The monoisotopic (exact) mass is 178 g/mol. The zero-order chi connectivity index (χ0) is 9.10. The highest BCUT2D eigenvalue weighted by atomic mass is 16.4. The molecule has 0 bridgehead atoms. The third-order valence-corrected chi connectivity index (χ3v) is 1.83. The quantitative estimate of drug-likeness (QED) is 0.762. The standard InChI is InChI=1S/C8H10N4O/c1-12-4-2-3-7(12)5-9-8-11-10-6-13-8/h2-4,6H,5H2,1H3,(H,9,11). The molecule has 0 atom stereocenters. The Labute approximate surface area is 75.4 Å². The lowest BCUT2D eigenvalue weighted by Gasteiger charge is -2.02. The highest BCUT2D eigenvalue weighted by Crippen LogP contribution is 2.04. The first kappa shape index (κ1) is 7.85. The molecular formula is C8H10N4O. The summed E-state index contributed by atoms with van der Waals surface area (Å²) in [5.41, 5.74) is 1.16. The lowest BCUT2D eigenvalue weighted by molar-refractivity contribution is 0.564. The number of aromatic nitrogens is 3. The van der Waals surface area contributed by atoms with Gasteiger partial charge in [0.15, 0.2) is 0 Å². The van der Waals surface area contributed by atoms with Crippen LogP contribution in [0.1, 0.15) is 5.69 Å². The Morgan fingerprint density at radius 1 is 1.62 bits per heavy atom. The average molecular weight is 178 g/mol. The van der Waals surface area contributed by atoms with Crippen molar-refractivity contribution < 1.29 is 4.42 Å². The summed E-state index contributed by atoms with van der Waals surface area (Å²) in [6.07, 6.45) is 3.29. The molecule has 2 aromatic heterocycles. The van der Waals surface area contributed by atoms with Crippen molar-refractivity contribution >= 4 is 6.01 Å². The number of hydrogen-bond acceptors (Lipinski definition) is 4. The number of aryl methyl sites for hydroxylation is 1. The molecule has 5 nitrogen and oxygen atoms in total. The van der Waals surface area contributed by atoms with Crippen molar-refractivity contribution in [1.29, 1.82) is 0 Å². The molecule has 0 amide bonds. The van der Waals surface area contributed by atoms with Gasteiger partial charge in [0.05, 0.1) is 6.54 Å². The number of anilines is 1. The predicted octanol–water partition coefficient (Wildman–Crippen LogP) is 1.02. The summed E-state index contributed by atoms with van der Waals surface area (Å²) >= 11 is 0. The van der Waals surface area contributed by atoms with Gasteiger partial charge in [-0.3, -0.25) is 0 Å². The van der Waals surface area contributed by atoms with Crippen molar-refractivity contribution in [2.75, 3.05) is 5.32 Å². The van der Waals surface area contributed by atoms with E-state index in [-0.39, 0.29) is 0 Å². The summed E-state index contributed by atoms with van der Waals surface area (Å²) in [6.45, 7) is 0.686. The van der Waals surface area contributed by atoms with E-state index in [0.717, 1.165) is 0 Å². The summed E-state index contributed by atoms with van der Waals surface area (Å²) in [5, 5.41) is 10.3. The van der Waals surface area contributed by atoms with E-state index in [1.54, 1.807) is 0 Å². The van der Waals surface area contributed by atoms with E-state index in [1.165, 1.54) is 12.1 Å². The van der Waals surface area contributed by atoms with E-state index in [0.29, 0.717) is 12.6 Å². The third kappa shape index (κ3) is 1.69. The molecule has 0 aromatic carbocycles. The van der Waals surface area contributed by atoms with Gasteiger partial charge in [-0.25, -0.2) is 0 Å². The van der Waals surface area contributed by atoms with Crippen LogP contribution in [-0.4, -0.2) is 14.8 Å². The van der Waals surface area contributed by atoms with E-state index in [9.17, 15) is 0 Å². The van der Waals surface area contributed by atoms with Crippen LogP contribution in [0.4, 0.5) is 6.01 Å². The summed E-state index contributed by atoms with van der Waals surface area (Å²) in [5.74, 6) is 0. The van der Waals surface area contributed by atoms with Gasteiger partial charge >= 0.3 is 6.01 Å². The first-order valence-corrected chi connectivity index (χ1v) is 3.96. The van der Waals surface area contributed by atoms with Crippen LogP contribution in [0.25, 0.3) is 0 Å². The summed E-state index contributed by atoms with van der Waals surface area (Å²) in [4.78, 5) is 0. The lowest BCUT2D eigenvalue weighted by Crippen LogP contribution is -2.03. The predicted molar refractivity (Wildman–Crippen MR) is 47.0 cm³/mol. The Balaban J connectivity index is 1.97. The molecule has 0 radical (unpaired) electrons. The molecule has 0 aliphatic carbocycles. The van der Waals surface area contributed by atoms with Crippen LogP contribution in [0.2, 0.25) is 0 Å². The maximum atomic E-state index is 4.93. The summed E-state index contributed by atoms with van der Waals surface area (Å²) < 4.78 is 6.96. The fraction of sp³-hybridized carbons (Fsp3) is 0.250. The van der Waals surface area contributed by atoms with Crippen molar-refractivity contribution in [1.82, 2.24) is 14.8 Å². The molecule has 2 rings (SSSR count). The molecule has 68 valence electrons. The Morgan fingerprint density at radius 3 is 3.15 bits per heavy atom. The van der Waals surface area contributed by atoms with Crippen molar-refractivity contribution in [2.24, 2.45) is 7.05 Å². The maximum absolute atomic E-state index is 4.93. The zero-order valence-corrected chi connectivity index (χ0v) is 7.27. The molecule has 2 heterocycles. The second-order valence-corrected chi connectivity index (χ2v) is 2.71. The summed E-state index contributed by atoms with van der Waals surface area (Å²) in [6, 6.07) is 4.47. The van der Waals surface area contributed by atoms with Crippen molar-refractivity contribution in [3.8, 4) is 0 Å². The minimum atomic E-state index is 0.446. The van der Waals surface area contributed by atoms with E-state index >= 15 is 0 Å². The Hall–Kier alpha value is -1.78. The van der Waals surface area contributed by atoms with E-state index < -0.39 is 0 Å². The van der Waals surface area contributed by atoms with Gasteiger partial charge in [0.1, 0.15) is 0 Å². The highest BCUT2D eigenvalue weighted by molar-refractivity contribution is 5.19. The molecule has 2 aromatic rings. The van der Waals surface area contributed by atoms with Gasteiger partial charge in [0, 0.05) is 18.9 Å². The zero-order valence-electron chi connectivity index (χ0n) is 7.27. The maximum Gasteiger partial charge on any atom is 0.315 e. The minimum Gasteiger partial charge on any atom is -0.411 e. The van der Waals surface area contributed by atoms with E-state index in [2.05, 4.69) is 15.5 Å². The second-order valence-electron chi connectivity index (χ2n) is 2.71. The fourth-order valence-electron chi connectivity index (χ4n) is 1.10. The molecule has 0 aliphatic heterocycles. The van der Waals surface area contributed by atoms with Crippen LogP contribution in [-0.2, 0) is 13.6 Å². The van der Waals surface area contributed by atoms with Gasteiger partial charge in [-0.05, 0) is 12.1 Å². The lowest BCUT2D eigenvalue weighted by atomic mass is 10.4. The van der Waals surface area contributed by atoms with E-state index in [4.69, 9.17) is 4.42 Å². The molecule has 13 heavy (non-hydrogen) atoms. The molecule has 0 spiro atoms. The summed E-state index contributed by atoms with van der Waals surface area (Å²) in [7, 11) is 1.99. The fourth-order valence-corrected chi connectivity index (χ4v) is 1.10. The van der Waals surface area contributed by atoms with Gasteiger partial charge in [0.2, 0.25) is 6.39 Å². The van der Waals surface area contributed by atoms with E-state index in [1.807, 2.05) is 29.9 Å². The topological polar surface area (TPSA) is 55.9 Å². The first-order valence-electron chi connectivity index (χ1n) is 3.96. The number of nitrogens with zero attached hydrogens (tertiary/aromatic N) is 3. The normalized spacial score (nSPS) is 10.2. The highest BCUT2D eigenvalue weighted by Gasteiger charge is 1.99. The molecule has 0 saturated carbocycles. The number of rotatable bonds is 3. The Morgan fingerprint density at radius 2 is 2.54 bits per heavy atom. The van der Waals surface area contributed by atoms with Gasteiger partial charge in [0.25, 0.3) is 0 Å². The third-order valence-electron chi connectivity index (χ3n) is 1.83. The van der Waals surface area contributed by atoms with Gasteiger partial charge in [-0.2, -0.15) is 0 Å². The number of nitrogens with one attached hydrogen (secondary N) is 1. The molecule has 0 aliphatic rings. The van der Waals surface area contributed by atoms with Crippen LogP contribution in [0.15, 0.2) is 29.1 Å².